The van der Waals surface area contributed by atoms with Crippen molar-refractivity contribution in [3.63, 3.8) is 0 Å². The Kier molecular flexibility index (Phi) is 2.54. The van der Waals surface area contributed by atoms with Gasteiger partial charge in [-0.05, 0) is 20.8 Å². The second-order valence-corrected chi connectivity index (χ2v) is 4.65. The minimum atomic E-state index is -0.924. The van der Waals surface area contributed by atoms with Crippen molar-refractivity contribution in [1.29, 1.82) is 0 Å². The molecule has 0 aliphatic carbocycles. The van der Waals surface area contributed by atoms with Crippen LogP contribution in [0.15, 0.2) is 0 Å². The standard InChI is InChI=1S/C9H16N2O3/c1-9(2,3)11(8(13)14)5-4-10-7(12)6-11/h4-6H2,1-3H3,(H-,10,12,13,14)/p+1. The Hall–Kier alpha value is -1.10. The van der Waals surface area contributed by atoms with Crippen LogP contribution in [0.1, 0.15) is 20.8 Å². The fourth-order valence-electron chi connectivity index (χ4n) is 1.79. The Morgan fingerprint density at radius 2 is 2.07 bits per heavy atom. The van der Waals surface area contributed by atoms with E-state index in [0.29, 0.717) is 13.1 Å². The number of rotatable bonds is 0. The first kappa shape index (κ1) is 11.0. The van der Waals surface area contributed by atoms with Crippen LogP contribution in [0.25, 0.3) is 0 Å². The molecule has 0 aromatic rings. The summed E-state index contributed by atoms with van der Waals surface area (Å²) in [4.78, 5) is 22.5. The zero-order chi connectivity index (χ0) is 11.0. The molecule has 1 unspecified atom stereocenters. The van der Waals surface area contributed by atoms with Gasteiger partial charge in [0.2, 0.25) is 0 Å². The van der Waals surface area contributed by atoms with Gasteiger partial charge in [-0.2, -0.15) is 4.79 Å². The van der Waals surface area contributed by atoms with Gasteiger partial charge in [-0.15, -0.1) is 0 Å². The molecule has 1 aliphatic rings. The Labute approximate surface area is 83.3 Å². The molecule has 5 nitrogen and oxygen atoms in total. The Morgan fingerprint density at radius 3 is 2.36 bits per heavy atom. The molecule has 1 saturated heterocycles. The van der Waals surface area contributed by atoms with Gasteiger partial charge in [0.25, 0.3) is 5.91 Å². The summed E-state index contributed by atoms with van der Waals surface area (Å²) in [5.74, 6) is -0.187. The van der Waals surface area contributed by atoms with Gasteiger partial charge in [-0.3, -0.25) is 4.79 Å². The maximum Gasteiger partial charge on any atom is 0.514 e. The Morgan fingerprint density at radius 1 is 1.50 bits per heavy atom. The van der Waals surface area contributed by atoms with E-state index in [2.05, 4.69) is 5.32 Å². The molecule has 2 N–H and O–H groups in total. The number of hydrogen-bond donors (Lipinski definition) is 2. The van der Waals surface area contributed by atoms with Crippen molar-refractivity contribution in [2.45, 2.75) is 26.3 Å². The van der Waals surface area contributed by atoms with E-state index in [0.717, 1.165) is 0 Å². The number of nitrogens with zero attached hydrogens (tertiary/aromatic N) is 1. The lowest BCUT2D eigenvalue weighted by molar-refractivity contribution is -0.897. The monoisotopic (exact) mass is 201 g/mol. The van der Waals surface area contributed by atoms with Crippen LogP contribution in [0.2, 0.25) is 0 Å². The average Bonchev–Trinajstić information content (AvgIpc) is 2.01. The second-order valence-electron chi connectivity index (χ2n) is 4.65. The molecule has 1 fully saturated rings. The average molecular weight is 201 g/mol. The first-order chi connectivity index (χ1) is 6.29. The molecule has 0 radical (unpaired) electrons. The smallest absolute Gasteiger partial charge is 0.435 e. The third kappa shape index (κ3) is 1.59. The largest absolute Gasteiger partial charge is 0.514 e. The lowest BCUT2D eigenvalue weighted by atomic mass is 10.0. The lowest BCUT2D eigenvalue weighted by Crippen LogP contribution is -2.70. The van der Waals surface area contributed by atoms with Gasteiger partial charge in [0, 0.05) is 0 Å². The van der Waals surface area contributed by atoms with Gasteiger partial charge < -0.3 is 10.4 Å². The molecular weight excluding hydrogens is 184 g/mol. The molecule has 0 saturated carbocycles. The summed E-state index contributed by atoms with van der Waals surface area (Å²) in [5.41, 5.74) is -0.455. The molecule has 0 aromatic heterocycles. The molecule has 1 rings (SSSR count). The second kappa shape index (κ2) is 3.24. The van der Waals surface area contributed by atoms with Crippen LogP contribution in [0.4, 0.5) is 4.79 Å². The van der Waals surface area contributed by atoms with Crippen LogP contribution in [-0.2, 0) is 4.79 Å². The number of nitrogens with one attached hydrogen (secondary N) is 1. The first-order valence-electron chi connectivity index (χ1n) is 4.67. The molecule has 80 valence electrons. The summed E-state index contributed by atoms with van der Waals surface area (Å²) >= 11 is 0. The van der Waals surface area contributed by atoms with Gasteiger partial charge >= 0.3 is 6.09 Å². The predicted molar refractivity (Wildman–Crippen MR) is 50.8 cm³/mol. The minimum Gasteiger partial charge on any atom is -0.435 e. The summed E-state index contributed by atoms with van der Waals surface area (Å²) in [7, 11) is 0. The molecular formula is C9H17N2O3+. The van der Waals surface area contributed by atoms with Crippen molar-refractivity contribution < 1.29 is 19.2 Å². The van der Waals surface area contributed by atoms with Gasteiger partial charge in [0.1, 0.15) is 12.1 Å². The zero-order valence-electron chi connectivity index (χ0n) is 8.83. The summed E-state index contributed by atoms with van der Waals surface area (Å²) in [6.07, 6.45) is -0.924. The molecule has 0 bridgehead atoms. The third-order valence-corrected chi connectivity index (χ3v) is 2.88. The van der Waals surface area contributed by atoms with Crippen LogP contribution in [0.3, 0.4) is 0 Å². The number of carbonyl (C=O) groups is 2. The first-order valence-corrected chi connectivity index (χ1v) is 4.67. The molecule has 1 aliphatic heterocycles. The SMILES string of the molecule is CC(C)(C)[N+]1(C(=O)O)CCNC(=O)C1. The molecule has 14 heavy (non-hydrogen) atoms. The molecule has 5 heteroatoms. The van der Waals surface area contributed by atoms with E-state index in [-0.39, 0.29) is 16.9 Å². The quantitative estimate of drug-likeness (QED) is 0.558. The van der Waals surface area contributed by atoms with Crippen molar-refractivity contribution in [3.8, 4) is 0 Å². The maximum absolute atomic E-state index is 11.3. The number of amides is 2. The van der Waals surface area contributed by atoms with Crippen molar-refractivity contribution >= 4 is 12.0 Å². The number of carbonyl (C=O) groups excluding carboxylic acids is 1. The topological polar surface area (TPSA) is 66.4 Å². The van der Waals surface area contributed by atoms with Crippen molar-refractivity contribution in [3.05, 3.63) is 0 Å². The number of piperazine rings is 1. The van der Waals surface area contributed by atoms with Crippen LogP contribution in [0.5, 0.6) is 0 Å². The number of hydrogen-bond acceptors (Lipinski definition) is 2. The van der Waals surface area contributed by atoms with E-state index >= 15 is 0 Å². The predicted octanol–water partition coefficient (Wildman–Crippen LogP) is 0.410. The van der Waals surface area contributed by atoms with E-state index in [1.54, 1.807) is 0 Å². The highest BCUT2D eigenvalue weighted by Gasteiger charge is 2.50. The summed E-state index contributed by atoms with van der Waals surface area (Å²) in [5, 5.41) is 11.9. The van der Waals surface area contributed by atoms with Crippen molar-refractivity contribution in [2.24, 2.45) is 0 Å². The summed E-state index contributed by atoms with van der Waals surface area (Å²) < 4.78 is -0.182. The van der Waals surface area contributed by atoms with Crippen LogP contribution < -0.4 is 5.32 Å². The highest BCUT2D eigenvalue weighted by Crippen LogP contribution is 2.25. The van der Waals surface area contributed by atoms with Gasteiger partial charge in [0.15, 0.2) is 6.54 Å². The van der Waals surface area contributed by atoms with E-state index < -0.39 is 11.6 Å². The number of carboxylic acid groups (broad SMARTS) is 1. The van der Waals surface area contributed by atoms with E-state index in [1.165, 1.54) is 0 Å². The molecule has 2 amide bonds. The van der Waals surface area contributed by atoms with E-state index in [9.17, 15) is 14.7 Å². The maximum atomic E-state index is 11.3. The highest BCUT2D eigenvalue weighted by molar-refractivity contribution is 5.79. The van der Waals surface area contributed by atoms with Gasteiger partial charge in [-0.25, -0.2) is 4.48 Å². The number of quaternary nitrogens is 1. The summed E-state index contributed by atoms with van der Waals surface area (Å²) in [6, 6.07) is 0. The Bertz CT molecular complexity index is 270. The van der Waals surface area contributed by atoms with Gasteiger partial charge in [0.05, 0.1) is 6.54 Å². The van der Waals surface area contributed by atoms with Gasteiger partial charge in [-0.1, -0.05) is 0 Å². The van der Waals surface area contributed by atoms with E-state index in [1.807, 2.05) is 20.8 Å². The highest BCUT2D eigenvalue weighted by atomic mass is 16.4. The van der Waals surface area contributed by atoms with Crippen LogP contribution in [0, 0.1) is 0 Å². The fourth-order valence-corrected chi connectivity index (χ4v) is 1.79. The van der Waals surface area contributed by atoms with Crippen molar-refractivity contribution in [1.82, 2.24) is 5.32 Å². The molecule has 1 atom stereocenters. The third-order valence-electron chi connectivity index (χ3n) is 2.88. The van der Waals surface area contributed by atoms with E-state index in [4.69, 9.17) is 0 Å². The fraction of sp³-hybridized carbons (Fsp3) is 0.778. The van der Waals surface area contributed by atoms with Crippen LogP contribution in [-0.4, -0.2) is 46.8 Å². The normalized spacial score (nSPS) is 28.4. The Balaban J connectivity index is 3.04. The molecule has 0 aromatic carbocycles. The van der Waals surface area contributed by atoms with Crippen LogP contribution >= 0.6 is 0 Å². The summed E-state index contributed by atoms with van der Waals surface area (Å²) in [6.45, 7) is 6.45. The lowest BCUT2D eigenvalue weighted by Gasteiger charge is -2.44. The molecule has 0 spiro atoms. The molecule has 1 heterocycles. The zero-order valence-corrected chi connectivity index (χ0v) is 8.83. The van der Waals surface area contributed by atoms with Crippen molar-refractivity contribution in [2.75, 3.05) is 19.6 Å². The minimum absolute atomic E-state index is 0.0266.